The third-order valence-corrected chi connectivity index (χ3v) is 3.37. The lowest BCUT2D eigenvalue weighted by Gasteiger charge is -2.09. The number of halogens is 3. The van der Waals surface area contributed by atoms with E-state index in [4.69, 9.17) is 11.6 Å². The second kappa shape index (κ2) is 5.15. The summed E-state index contributed by atoms with van der Waals surface area (Å²) in [5.74, 6) is -1.12. The molecule has 2 aromatic carbocycles. The highest BCUT2D eigenvalue weighted by molar-refractivity contribution is 6.17. The summed E-state index contributed by atoms with van der Waals surface area (Å²) >= 11 is 5.86. The topological polar surface area (TPSA) is 41.6 Å². The number of rotatable bonds is 2. The van der Waals surface area contributed by atoms with E-state index in [1.807, 2.05) is 6.07 Å². The van der Waals surface area contributed by atoms with Gasteiger partial charge in [-0.3, -0.25) is 4.57 Å². The van der Waals surface area contributed by atoms with Crippen LogP contribution in [-0.4, -0.2) is 9.55 Å². The highest BCUT2D eigenvalue weighted by Gasteiger charge is 2.18. The fourth-order valence-electron chi connectivity index (χ4n) is 2.27. The molecule has 0 N–H and O–H groups in total. The van der Waals surface area contributed by atoms with Crippen LogP contribution in [0.5, 0.6) is 0 Å². The molecule has 0 saturated heterocycles. The fourth-order valence-corrected chi connectivity index (χ4v) is 2.45. The number of imidazole rings is 1. The summed E-state index contributed by atoms with van der Waals surface area (Å²) < 4.78 is 28.9. The maximum Gasteiger partial charge on any atom is 0.153 e. The zero-order chi connectivity index (χ0) is 15.0. The lowest BCUT2D eigenvalue weighted by atomic mass is 10.2. The lowest BCUT2D eigenvalue weighted by Crippen LogP contribution is -2.02. The molecule has 0 bridgehead atoms. The molecule has 1 aromatic heterocycles. The molecule has 3 nitrogen and oxygen atoms in total. The van der Waals surface area contributed by atoms with Gasteiger partial charge in [0.15, 0.2) is 5.82 Å². The van der Waals surface area contributed by atoms with Crippen molar-refractivity contribution >= 4 is 22.6 Å². The van der Waals surface area contributed by atoms with Crippen LogP contribution in [0.3, 0.4) is 0 Å². The normalized spacial score (nSPS) is 10.8. The van der Waals surface area contributed by atoms with Crippen LogP contribution in [0.15, 0.2) is 36.4 Å². The minimum Gasteiger partial charge on any atom is -0.294 e. The average molecular weight is 304 g/mol. The van der Waals surface area contributed by atoms with E-state index in [-0.39, 0.29) is 16.9 Å². The van der Waals surface area contributed by atoms with E-state index in [9.17, 15) is 14.0 Å². The summed E-state index contributed by atoms with van der Waals surface area (Å²) in [6, 6.07) is 10.7. The number of nitrogens with zero attached hydrogens (tertiary/aromatic N) is 3. The standard InChI is InChI=1S/C15H8ClF2N3/c16-7-14-20-15-11(18)5-10(17)6-13(15)21(14)12-4-2-1-3-9(12)8-19/h1-6H,7H2. The van der Waals surface area contributed by atoms with Gasteiger partial charge in [0.05, 0.1) is 22.6 Å². The Labute approximate surface area is 124 Å². The summed E-state index contributed by atoms with van der Waals surface area (Å²) in [6.07, 6.45) is 0. The van der Waals surface area contributed by atoms with E-state index in [0.29, 0.717) is 17.1 Å². The van der Waals surface area contributed by atoms with Gasteiger partial charge in [-0.1, -0.05) is 12.1 Å². The van der Waals surface area contributed by atoms with Gasteiger partial charge in [0.1, 0.15) is 23.2 Å². The molecule has 1 heterocycles. The molecule has 0 saturated carbocycles. The highest BCUT2D eigenvalue weighted by Crippen LogP contribution is 2.27. The molecule has 3 rings (SSSR count). The van der Waals surface area contributed by atoms with Gasteiger partial charge in [0.25, 0.3) is 0 Å². The molecule has 0 amide bonds. The van der Waals surface area contributed by atoms with Gasteiger partial charge >= 0.3 is 0 Å². The zero-order valence-corrected chi connectivity index (χ0v) is 11.4. The van der Waals surface area contributed by atoms with Crippen molar-refractivity contribution in [2.45, 2.75) is 5.88 Å². The Hall–Kier alpha value is -2.45. The van der Waals surface area contributed by atoms with Crippen molar-refractivity contribution in [1.82, 2.24) is 9.55 Å². The second-order valence-electron chi connectivity index (χ2n) is 4.38. The third kappa shape index (κ3) is 2.14. The van der Waals surface area contributed by atoms with Gasteiger partial charge in [-0.2, -0.15) is 5.26 Å². The Kier molecular flexibility index (Phi) is 3.32. The number of para-hydroxylation sites is 1. The van der Waals surface area contributed by atoms with Crippen LogP contribution in [0.4, 0.5) is 8.78 Å². The first-order valence-corrected chi connectivity index (χ1v) is 6.61. The van der Waals surface area contributed by atoms with Crippen LogP contribution in [0, 0.1) is 23.0 Å². The van der Waals surface area contributed by atoms with Gasteiger partial charge in [0.2, 0.25) is 0 Å². The molecular weight excluding hydrogens is 296 g/mol. The van der Waals surface area contributed by atoms with E-state index in [1.54, 1.807) is 24.3 Å². The number of fused-ring (bicyclic) bond motifs is 1. The molecule has 0 fully saturated rings. The molecular formula is C15H8ClF2N3. The number of aromatic nitrogens is 2. The van der Waals surface area contributed by atoms with Crippen LogP contribution in [0.25, 0.3) is 16.7 Å². The first-order valence-electron chi connectivity index (χ1n) is 6.07. The van der Waals surface area contributed by atoms with Crippen LogP contribution in [-0.2, 0) is 5.88 Å². The van der Waals surface area contributed by atoms with Crippen LogP contribution in [0.2, 0.25) is 0 Å². The Bertz CT molecular complexity index is 880. The van der Waals surface area contributed by atoms with E-state index < -0.39 is 11.6 Å². The molecule has 0 unspecified atom stereocenters. The van der Waals surface area contributed by atoms with Gasteiger partial charge in [0, 0.05) is 12.1 Å². The number of alkyl halides is 1. The summed E-state index contributed by atoms with van der Waals surface area (Å²) in [5.41, 5.74) is 1.13. The van der Waals surface area contributed by atoms with Crippen molar-refractivity contribution in [2.24, 2.45) is 0 Å². The summed E-state index contributed by atoms with van der Waals surface area (Å²) in [6.45, 7) is 0. The molecule has 6 heteroatoms. The van der Waals surface area contributed by atoms with Crippen molar-refractivity contribution in [3.05, 3.63) is 59.4 Å². The largest absolute Gasteiger partial charge is 0.294 e. The van der Waals surface area contributed by atoms with Crippen molar-refractivity contribution in [2.75, 3.05) is 0 Å². The minimum absolute atomic E-state index is 0.00943. The van der Waals surface area contributed by atoms with Crippen molar-refractivity contribution in [3.63, 3.8) is 0 Å². The van der Waals surface area contributed by atoms with Gasteiger partial charge in [-0.05, 0) is 12.1 Å². The lowest BCUT2D eigenvalue weighted by molar-refractivity contribution is 0.590. The summed E-state index contributed by atoms with van der Waals surface area (Å²) in [5, 5.41) is 9.20. The molecule has 104 valence electrons. The molecule has 3 aromatic rings. The third-order valence-electron chi connectivity index (χ3n) is 3.13. The minimum atomic E-state index is -0.760. The Morgan fingerprint density at radius 3 is 2.71 bits per heavy atom. The first kappa shape index (κ1) is 13.5. The molecule has 0 aliphatic rings. The van der Waals surface area contributed by atoms with E-state index >= 15 is 0 Å². The Balaban J connectivity index is 2.44. The predicted octanol–water partition coefficient (Wildman–Crippen LogP) is 3.91. The molecule has 0 spiro atoms. The van der Waals surface area contributed by atoms with Crippen molar-refractivity contribution in [3.8, 4) is 11.8 Å². The molecule has 0 aliphatic heterocycles. The van der Waals surface area contributed by atoms with Crippen LogP contribution in [0.1, 0.15) is 11.4 Å². The van der Waals surface area contributed by atoms with E-state index in [2.05, 4.69) is 4.98 Å². The van der Waals surface area contributed by atoms with Crippen molar-refractivity contribution < 1.29 is 8.78 Å². The zero-order valence-electron chi connectivity index (χ0n) is 10.6. The van der Waals surface area contributed by atoms with Gasteiger partial charge in [-0.25, -0.2) is 13.8 Å². The fraction of sp³-hybridized carbons (Fsp3) is 0.0667. The van der Waals surface area contributed by atoms with Crippen molar-refractivity contribution in [1.29, 1.82) is 5.26 Å². The monoisotopic (exact) mass is 303 g/mol. The second-order valence-corrected chi connectivity index (χ2v) is 4.65. The number of hydrogen-bond acceptors (Lipinski definition) is 2. The Morgan fingerprint density at radius 1 is 1.24 bits per heavy atom. The number of hydrogen-bond donors (Lipinski definition) is 0. The van der Waals surface area contributed by atoms with Gasteiger partial charge < -0.3 is 0 Å². The van der Waals surface area contributed by atoms with Crippen LogP contribution >= 0.6 is 11.6 Å². The van der Waals surface area contributed by atoms with Gasteiger partial charge in [-0.15, -0.1) is 11.6 Å². The van der Waals surface area contributed by atoms with E-state index in [0.717, 1.165) is 6.07 Å². The summed E-state index contributed by atoms with van der Waals surface area (Å²) in [4.78, 5) is 4.10. The Morgan fingerprint density at radius 2 is 2.00 bits per heavy atom. The maximum atomic E-state index is 13.9. The highest BCUT2D eigenvalue weighted by atomic mass is 35.5. The molecule has 21 heavy (non-hydrogen) atoms. The first-order chi connectivity index (χ1) is 10.2. The molecule has 0 aliphatic carbocycles. The SMILES string of the molecule is N#Cc1ccccc1-n1c(CCl)nc2c(F)cc(F)cc21. The molecule has 0 radical (unpaired) electrons. The predicted molar refractivity (Wildman–Crippen MR) is 75.3 cm³/mol. The molecule has 0 atom stereocenters. The number of nitriles is 1. The quantitative estimate of drug-likeness (QED) is 0.673. The van der Waals surface area contributed by atoms with E-state index in [1.165, 1.54) is 10.6 Å². The summed E-state index contributed by atoms with van der Waals surface area (Å²) in [7, 11) is 0. The smallest absolute Gasteiger partial charge is 0.153 e. The maximum absolute atomic E-state index is 13.9. The number of benzene rings is 2. The van der Waals surface area contributed by atoms with Crippen LogP contribution < -0.4 is 0 Å². The average Bonchev–Trinajstić information content (AvgIpc) is 2.85.